The summed E-state index contributed by atoms with van der Waals surface area (Å²) in [7, 11) is -4.28. The van der Waals surface area contributed by atoms with Crippen LogP contribution in [0.1, 0.15) is 0 Å². The molecule has 0 aliphatic carbocycles. The van der Waals surface area contributed by atoms with Gasteiger partial charge in [-0.3, -0.25) is 4.79 Å². The molecule has 1 N–H and O–H groups in total. The standard InChI is InChI=1S/C21H16N2O4S/c24-20(22-15-9-3-1-4-10-15)19-21(25)23(16-11-5-2-6-12-16)17-13-7-8-14-18(17)28(19,26)27/h1-14,25H,(H,22,24)/p-1. The smallest absolute Gasteiger partial charge is 0.268 e. The van der Waals surface area contributed by atoms with Crippen LogP contribution in [-0.2, 0) is 14.6 Å². The highest BCUT2D eigenvalue weighted by atomic mass is 32.2. The number of para-hydroxylation sites is 3. The van der Waals surface area contributed by atoms with Crippen LogP contribution >= 0.6 is 0 Å². The van der Waals surface area contributed by atoms with Crippen LogP contribution in [0.4, 0.5) is 17.1 Å². The zero-order valence-corrected chi connectivity index (χ0v) is 15.4. The molecule has 6 nitrogen and oxygen atoms in total. The normalized spacial score (nSPS) is 15.1. The summed E-state index contributed by atoms with van der Waals surface area (Å²) in [5.74, 6) is -1.86. The molecule has 4 rings (SSSR count). The third-order valence-electron chi connectivity index (χ3n) is 4.31. The van der Waals surface area contributed by atoms with Crippen LogP contribution in [0, 0.1) is 0 Å². The second-order valence-corrected chi connectivity index (χ2v) is 7.95. The van der Waals surface area contributed by atoms with Crippen molar-refractivity contribution in [2.45, 2.75) is 4.90 Å². The van der Waals surface area contributed by atoms with E-state index in [0.29, 0.717) is 11.4 Å². The van der Waals surface area contributed by atoms with Gasteiger partial charge in [0.1, 0.15) is 4.91 Å². The fourth-order valence-corrected chi connectivity index (χ4v) is 4.60. The summed E-state index contributed by atoms with van der Waals surface area (Å²) < 4.78 is 26.2. The van der Waals surface area contributed by atoms with Gasteiger partial charge in [0.25, 0.3) is 5.91 Å². The molecule has 3 aromatic carbocycles. The van der Waals surface area contributed by atoms with Crippen molar-refractivity contribution in [2.24, 2.45) is 0 Å². The quantitative estimate of drug-likeness (QED) is 0.742. The molecule has 0 atom stereocenters. The Labute approximate surface area is 162 Å². The number of nitrogens with one attached hydrogen (secondary N) is 1. The second-order valence-electron chi connectivity index (χ2n) is 6.10. The Kier molecular flexibility index (Phi) is 4.37. The minimum atomic E-state index is -4.28. The van der Waals surface area contributed by atoms with Crippen LogP contribution in [0.25, 0.3) is 0 Å². The van der Waals surface area contributed by atoms with Crippen molar-refractivity contribution in [1.82, 2.24) is 0 Å². The fourth-order valence-electron chi connectivity index (χ4n) is 3.07. The van der Waals surface area contributed by atoms with Crippen molar-refractivity contribution in [1.29, 1.82) is 0 Å². The topological polar surface area (TPSA) is 89.5 Å². The van der Waals surface area contributed by atoms with E-state index < -0.39 is 26.5 Å². The zero-order chi connectivity index (χ0) is 19.7. The summed E-state index contributed by atoms with van der Waals surface area (Å²) >= 11 is 0. The molecule has 140 valence electrons. The number of fused-ring (bicyclic) bond motifs is 1. The minimum Gasteiger partial charge on any atom is -0.859 e. The van der Waals surface area contributed by atoms with Gasteiger partial charge in [0.15, 0.2) is 0 Å². The van der Waals surface area contributed by atoms with Crippen molar-refractivity contribution in [2.75, 3.05) is 10.2 Å². The molecule has 1 amide bonds. The lowest BCUT2D eigenvalue weighted by atomic mass is 10.2. The molecule has 0 bridgehead atoms. The third kappa shape index (κ3) is 2.91. The van der Waals surface area contributed by atoms with E-state index in [9.17, 15) is 18.3 Å². The second kappa shape index (κ2) is 6.86. The van der Waals surface area contributed by atoms with Gasteiger partial charge in [-0.05, 0) is 42.3 Å². The van der Waals surface area contributed by atoms with E-state index in [4.69, 9.17) is 0 Å². The number of amides is 1. The fraction of sp³-hybridized carbons (Fsp3) is 0. The molecule has 0 radical (unpaired) electrons. The molecule has 3 aromatic rings. The summed E-state index contributed by atoms with van der Waals surface area (Å²) in [6.45, 7) is 0. The van der Waals surface area contributed by atoms with E-state index in [-0.39, 0.29) is 10.6 Å². The summed E-state index contributed by atoms with van der Waals surface area (Å²) in [6, 6.07) is 23.1. The van der Waals surface area contributed by atoms with E-state index in [1.807, 2.05) is 0 Å². The molecule has 0 saturated heterocycles. The molecule has 0 unspecified atom stereocenters. The monoisotopic (exact) mass is 391 g/mol. The highest BCUT2D eigenvalue weighted by Gasteiger charge is 2.37. The Morgan fingerprint density at radius 2 is 1.39 bits per heavy atom. The third-order valence-corrected chi connectivity index (χ3v) is 6.14. The van der Waals surface area contributed by atoms with E-state index in [0.717, 1.165) is 0 Å². The van der Waals surface area contributed by atoms with Crippen LogP contribution < -0.4 is 15.3 Å². The Balaban J connectivity index is 1.90. The van der Waals surface area contributed by atoms with Gasteiger partial charge in [0, 0.05) is 11.4 Å². The number of sulfone groups is 1. The number of rotatable bonds is 3. The number of anilines is 3. The summed E-state index contributed by atoms with van der Waals surface area (Å²) in [6.07, 6.45) is 0. The molecular weight excluding hydrogens is 376 g/mol. The molecule has 1 aliphatic rings. The van der Waals surface area contributed by atoms with Crippen molar-refractivity contribution >= 4 is 32.8 Å². The molecule has 0 spiro atoms. The van der Waals surface area contributed by atoms with Crippen molar-refractivity contribution in [3.8, 4) is 0 Å². The number of hydrogen-bond donors (Lipinski definition) is 1. The van der Waals surface area contributed by atoms with Gasteiger partial charge < -0.3 is 15.3 Å². The maximum absolute atomic E-state index is 13.2. The zero-order valence-electron chi connectivity index (χ0n) is 14.6. The van der Waals surface area contributed by atoms with Crippen molar-refractivity contribution in [3.05, 3.63) is 95.7 Å². The van der Waals surface area contributed by atoms with Gasteiger partial charge in [-0.25, -0.2) is 8.42 Å². The molecule has 28 heavy (non-hydrogen) atoms. The first-order chi connectivity index (χ1) is 13.5. The van der Waals surface area contributed by atoms with Crippen molar-refractivity contribution < 1.29 is 18.3 Å². The average molecular weight is 391 g/mol. The number of carbonyl (C=O) groups is 1. The first-order valence-electron chi connectivity index (χ1n) is 8.47. The summed E-state index contributed by atoms with van der Waals surface area (Å²) in [5.41, 5.74) is 1.09. The Bertz CT molecular complexity index is 1170. The van der Waals surface area contributed by atoms with Crippen LogP contribution in [0.3, 0.4) is 0 Å². The lowest BCUT2D eigenvalue weighted by Crippen LogP contribution is -2.38. The summed E-state index contributed by atoms with van der Waals surface area (Å²) in [5, 5.41) is 15.7. The predicted molar refractivity (Wildman–Crippen MR) is 104 cm³/mol. The first-order valence-corrected chi connectivity index (χ1v) is 9.95. The van der Waals surface area contributed by atoms with E-state index in [1.54, 1.807) is 78.9 Å². The van der Waals surface area contributed by atoms with E-state index in [2.05, 4.69) is 5.32 Å². The first kappa shape index (κ1) is 17.8. The van der Waals surface area contributed by atoms with Gasteiger partial charge in [-0.15, -0.1) is 0 Å². The Morgan fingerprint density at radius 3 is 2.07 bits per heavy atom. The summed E-state index contributed by atoms with van der Waals surface area (Å²) in [4.78, 5) is 13.2. The maximum atomic E-state index is 13.2. The predicted octanol–water partition coefficient (Wildman–Crippen LogP) is 2.78. The van der Waals surface area contributed by atoms with Crippen molar-refractivity contribution in [3.63, 3.8) is 0 Å². The lowest BCUT2D eigenvalue weighted by Gasteiger charge is -2.37. The number of carbonyl (C=O) groups excluding carboxylic acids is 1. The van der Waals surface area contributed by atoms with Crippen LogP contribution in [0.15, 0.2) is 101 Å². The van der Waals surface area contributed by atoms with Gasteiger partial charge in [0.05, 0.1) is 10.6 Å². The highest BCUT2D eigenvalue weighted by Crippen LogP contribution is 2.41. The largest absolute Gasteiger partial charge is 0.859 e. The Morgan fingerprint density at radius 1 is 0.821 bits per heavy atom. The number of benzene rings is 3. The molecule has 1 heterocycles. The molecule has 0 saturated carbocycles. The SMILES string of the molecule is O=C(Nc1ccccc1)C1=C([O-])N(c2ccccc2)c2ccccc2S1(=O)=O. The van der Waals surface area contributed by atoms with E-state index in [1.165, 1.54) is 11.0 Å². The van der Waals surface area contributed by atoms with Crippen LogP contribution in [-0.4, -0.2) is 14.3 Å². The van der Waals surface area contributed by atoms with Gasteiger partial charge in [-0.2, -0.15) is 0 Å². The average Bonchev–Trinajstić information content (AvgIpc) is 2.69. The van der Waals surface area contributed by atoms with Gasteiger partial charge in [-0.1, -0.05) is 48.5 Å². The number of nitrogens with zero attached hydrogens (tertiary/aromatic N) is 1. The Hall–Kier alpha value is -3.58. The maximum Gasteiger partial charge on any atom is 0.268 e. The molecule has 0 aromatic heterocycles. The molecule has 1 aliphatic heterocycles. The number of hydrogen-bond acceptors (Lipinski definition) is 5. The molecular formula is C21H15N2O4S-. The highest BCUT2D eigenvalue weighted by molar-refractivity contribution is 7.96. The molecule has 7 heteroatoms. The van der Waals surface area contributed by atoms with Crippen LogP contribution in [0.5, 0.6) is 0 Å². The lowest BCUT2D eigenvalue weighted by molar-refractivity contribution is -0.304. The minimum absolute atomic E-state index is 0.0864. The van der Waals surface area contributed by atoms with E-state index >= 15 is 0 Å². The van der Waals surface area contributed by atoms with Crippen LogP contribution in [0.2, 0.25) is 0 Å². The molecule has 0 fully saturated rings. The van der Waals surface area contributed by atoms with Gasteiger partial charge in [0.2, 0.25) is 9.84 Å². The van der Waals surface area contributed by atoms with Gasteiger partial charge >= 0.3 is 0 Å².